The van der Waals surface area contributed by atoms with E-state index in [1.165, 1.54) is 0 Å². The Balaban J connectivity index is 3.11. The molecule has 0 saturated carbocycles. The van der Waals surface area contributed by atoms with Gasteiger partial charge in [0.05, 0.1) is 6.61 Å². The molecule has 0 spiro atoms. The summed E-state index contributed by atoms with van der Waals surface area (Å²) in [5.74, 6) is 0.0459. The van der Waals surface area contributed by atoms with Gasteiger partial charge < -0.3 is 15.8 Å². The van der Waals surface area contributed by atoms with Gasteiger partial charge in [0.25, 0.3) is 0 Å². The van der Waals surface area contributed by atoms with Crippen LogP contribution in [0.2, 0.25) is 0 Å². The molecule has 78 valence electrons. The maximum atomic E-state index is 11.0. The molecule has 0 aliphatic carbocycles. The third-order valence-corrected chi connectivity index (χ3v) is 1.52. The van der Waals surface area contributed by atoms with Crippen molar-refractivity contribution < 1.29 is 9.53 Å². The average molecular weight is 188 g/mol. The summed E-state index contributed by atoms with van der Waals surface area (Å²) < 4.78 is 5.17. The lowest BCUT2D eigenvalue weighted by molar-refractivity contribution is -0.122. The van der Waals surface area contributed by atoms with Crippen molar-refractivity contribution in [1.29, 1.82) is 0 Å². The summed E-state index contributed by atoms with van der Waals surface area (Å²) in [5.41, 5.74) is 5.28. The molecule has 4 heteroatoms. The van der Waals surface area contributed by atoms with Crippen LogP contribution in [0.1, 0.15) is 26.2 Å². The molecule has 0 aromatic carbocycles. The molecule has 0 aliphatic heterocycles. The van der Waals surface area contributed by atoms with Crippen molar-refractivity contribution in [2.45, 2.75) is 26.2 Å². The molecule has 0 unspecified atom stereocenters. The molecule has 0 aromatic heterocycles. The van der Waals surface area contributed by atoms with Gasteiger partial charge in [0.15, 0.2) is 0 Å². The van der Waals surface area contributed by atoms with Crippen LogP contribution in [0.15, 0.2) is 0 Å². The predicted octanol–water partition coefficient (Wildman–Crippen LogP) is 0.268. The van der Waals surface area contributed by atoms with E-state index in [1.54, 1.807) is 0 Å². The number of carbonyl (C=O) groups excluding carboxylic acids is 1. The second-order valence-electron chi connectivity index (χ2n) is 2.85. The van der Waals surface area contributed by atoms with Crippen LogP contribution in [0.5, 0.6) is 0 Å². The van der Waals surface area contributed by atoms with Crippen molar-refractivity contribution in [3.05, 3.63) is 0 Å². The van der Waals surface area contributed by atoms with E-state index in [-0.39, 0.29) is 5.91 Å². The van der Waals surface area contributed by atoms with Crippen LogP contribution in [0.3, 0.4) is 0 Å². The molecule has 1 amide bonds. The Morgan fingerprint density at radius 2 is 2.23 bits per heavy atom. The molecule has 0 aliphatic rings. The number of nitrogens with two attached hydrogens (primary N) is 1. The topological polar surface area (TPSA) is 64.3 Å². The van der Waals surface area contributed by atoms with Crippen molar-refractivity contribution >= 4 is 5.91 Å². The molecule has 0 radical (unpaired) electrons. The fourth-order valence-electron chi connectivity index (χ4n) is 0.830. The molecule has 0 saturated heterocycles. The van der Waals surface area contributed by atoms with E-state index in [1.807, 2.05) is 6.92 Å². The number of ether oxygens (including phenoxy) is 1. The minimum absolute atomic E-state index is 0.0459. The molecule has 0 atom stereocenters. The van der Waals surface area contributed by atoms with Crippen molar-refractivity contribution in [1.82, 2.24) is 5.32 Å². The van der Waals surface area contributed by atoms with Gasteiger partial charge in [-0.15, -0.1) is 0 Å². The van der Waals surface area contributed by atoms with Crippen molar-refractivity contribution in [2.75, 3.05) is 26.3 Å². The van der Waals surface area contributed by atoms with E-state index in [0.717, 1.165) is 19.4 Å². The largest absolute Gasteiger partial charge is 0.381 e. The van der Waals surface area contributed by atoms with Crippen LogP contribution >= 0.6 is 0 Å². The quantitative estimate of drug-likeness (QED) is 0.537. The summed E-state index contributed by atoms with van der Waals surface area (Å²) in [4.78, 5) is 11.0. The van der Waals surface area contributed by atoms with Gasteiger partial charge in [-0.2, -0.15) is 0 Å². The maximum Gasteiger partial charge on any atom is 0.222 e. The zero-order valence-corrected chi connectivity index (χ0v) is 8.34. The van der Waals surface area contributed by atoms with Crippen molar-refractivity contribution in [3.63, 3.8) is 0 Å². The van der Waals surface area contributed by atoms with Gasteiger partial charge in [0.2, 0.25) is 5.91 Å². The lowest BCUT2D eigenvalue weighted by Gasteiger charge is -2.04. The van der Waals surface area contributed by atoms with Crippen LogP contribution in [-0.2, 0) is 9.53 Å². The van der Waals surface area contributed by atoms with Gasteiger partial charge in [-0.05, 0) is 19.4 Å². The van der Waals surface area contributed by atoms with E-state index in [4.69, 9.17) is 10.5 Å². The molecule has 0 heterocycles. The summed E-state index contributed by atoms with van der Waals surface area (Å²) in [5, 5.41) is 2.76. The number of hydrogen-bond acceptors (Lipinski definition) is 3. The van der Waals surface area contributed by atoms with E-state index in [2.05, 4.69) is 5.32 Å². The Bertz CT molecular complexity index is 129. The Morgan fingerprint density at radius 3 is 2.85 bits per heavy atom. The highest BCUT2D eigenvalue weighted by atomic mass is 16.5. The van der Waals surface area contributed by atoms with Gasteiger partial charge in [-0.3, -0.25) is 4.79 Å². The fraction of sp³-hybridized carbons (Fsp3) is 0.889. The van der Waals surface area contributed by atoms with Gasteiger partial charge in [0.1, 0.15) is 0 Å². The Morgan fingerprint density at radius 1 is 1.46 bits per heavy atom. The second-order valence-corrected chi connectivity index (χ2v) is 2.85. The van der Waals surface area contributed by atoms with Crippen LogP contribution in [-0.4, -0.2) is 32.2 Å². The molecule has 0 rings (SSSR count). The number of carbonyl (C=O) groups is 1. The van der Waals surface area contributed by atoms with E-state index in [9.17, 15) is 4.79 Å². The first-order valence-corrected chi connectivity index (χ1v) is 4.85. The third kappa shape index (κ3) is 9.30. The van der Waals surface area contributed by atoms with Gasteiger partial charge in [0, 0.05) is 19.6 Å². The summed E-state index contributed by atoms with van der Waals surface area (Å²) in [7, 11) is 0. The highest BCUT2D eigenvalue weighted by molar-refractivity contribution is 5.75. The number of amides is 1. The summed E-state index contributed by atoms with van der Waals surface area (Å²) in [6.45, 7) is 4.58. The van der Waals surface area contributed by atoms with Gasteiger partial charge in [-0.1, -0.05) is 6.92 Å². The zero-order chi connectivity index (χ0) is 9.94. The zero-order valence-electron chi connectivity index (χ0n) is 8.34. The first-order valence-electron chi connectivity index (χ1n) is 4.85. The second kappa shape index (κ2) is 9.48. The maximum absolute atomic E-state index is 11.0. The molecule has 0 fully saturated rings. The number of hydrogen-bond donors (Lipinski definition) is 2. The first-order chi connectivity index (χ1) is 6.31. The molecule has 13 heavy (non-hydrogen) atoms. The predicted molar refractivity (Wildman–Crippen MR) is 52.4 cm³/mol. The third-order valence-electron chi connectivity index (χ3n) is 1.52. The summed E-state index contributed by atoms with van der Waals surface area (Å²) in [6.07, 6.45) is 2.28. The minimum Gasteiger partial charge on any atom is -0.381 e. The SMILES string of the molecule is CCCOCCC(=O)NCCCN. The Labute approximate surface area is 79.8 Å². The first kappa shape index (κ1) is 12.4. The van der Waals surface area contributed by atoms with Crippen LogP contribution in [0.4, 0.5) is 0 Å². The molecular weight excluding hydrogens is 168 g/mol. The normalized spacial score (nSPS) is 10.0. The smallest absolute Gasteiger partial charge is 0.222 e. The van der Waals surface area contributed by atoms with Crippen LogP contribution in [0.25, 0.3) is 0 Å². The summed E-state index contributed by atoms with van der Waals surface area (Å²) in [6, 6.07) is 0. The number of rotatable bonds is 8. The fourth-order valence-corrected chi connectivity index (χ4v) is 0.830. The Hall–Kier alpha value is -0.610. The standard InChI is InChI=1S/C9H20N2O2/c1-2-7-13-8-4-9(12)11-6-3-5-10/h2-8,10H2,1H3,(H,11,12). The average Bonchev–Trinajstić information content (AvgIpc) is 2.13. The van der Waals surface area contributed by atoms with E-state index >= 15 is 0 Å². The highest BCUT2D eigenvalue weighted by Gasteiger charge is 1.98. The van der Waals surface area contributed by atoms with E-state index < -0.39 is 0 Å². The highest BCUT2D eigenvalue weighted by Crippen LogP contribution is 1.85. The van der Waals surface area contributed by atoms with Crippen molar-refractivity contribution in [3.8, 4) is 0 Å². The molecule has 3 N–H and O–H groups in total. The lowest BCUT2D eigenvalue weighted by atomic mass is 10.4. The molecular formula is C9H20N2O2. The Kier molecular flexibility index (Phi) is 9.03. The van der Waals surface area contributed by atoms with E-state index in [0.29, 0.717) is 26.1 Å². The molecule has 0 bridgehead atoms. The van der Waals surface area contributed by atoms with Gasteiger partial charge >= 0.3 is 0 Å². The summed E-state index contributed by atoms with van der Waals surface area (Å²) >= 11 is 0. The minimum atomic E-state index is 0.0459. The van der Waals surface area contributed by atoms with Gasteiger partial charge in [-0.25, -0.2) is 0 Å². The van der Waals surface area contributed by atoms with Crippen molar-refractivity contribution in [2.24, 2.45) is 5.73 Å². The lowest BCUT2D eigenvalue weighted by Crippen LogP contribution is -2.26. The monoisotopic (exact) mass is 188 g/mol. The molecule has 4 nitrogen and oxygen atoms in total. The van der Waals surface area contributed by atoms with Crippen LogP contribution < -0.4 is 11.1 Å². The molecule has 0 aromatic rings. The number of nitrogens with one attached hydrogen (secondary N) is 1. The van der Waals surface area contributed by atoms with Crippen LogP contribution in [0, 0.1) is 0 Å².